The van der Waals surface area contributed by atoms with Crippen LogP contribution in [0, 0.1) is 0 Å². The summed E-state index contributed by atoms with van der Waals surface area (Å²) < 4.78 is 1.83. The molecule has 0 atom stereocenters. The van der Waals surface area contributed by atoms with E-state index in [2.05, 4.69) is 10.6 Å². The maximum atomic E-state index is 12.9. The Hall–Kier alpha value is -3.84. The highest BCUT2D eigenvalue weighted by Gasteiger charge is 2.18. The van der Waals surface area contributed by atoms with Crippen LogP contribution in [0.15, 0.2) is 90.0 Å². The molecular formula is C25H20N4O2S. The molecule has 0 unspecified atom stereocenters. The topological polar surface area (TPSA) is 76.0 Å². The Labute approximate surface area is 189 Å². The number of para-hydroxylation sites is 1. The Balaban J connectivity index is 1.40. The predicted molar refractivity (Wildman–Crippen MR) is 126 cm³/mol. The highest BCUT2D eigenvalue weighted by Crippen LogP contribution is 2.32. The smallest absolute Gasteiger partial charge is 0.251 e. The molecule has 0 radical (unpaired) electrons. The Morgan fingerprint density at radius 2 is 1.78 bits per heavy atom. The largest absolute Gasteiger partial charge is 0.348 e. The number of rotatable bonds is 5. The molecule has 0 aliphatic carbocycles. The zero-order valence-corrected chi connectivity index (χ0v) is 17.9. The third kappa shape index (κ3) is 4.15. The molecule has 6 nitrogen and oxygen atoms in total. The van der Waals surface area contributed by atoms with Crippen molar-refractivity contribution in [3.63, 3.8) is 0 Å². The second-order valence-corrected chi connectivity index (χ2v) is 8.40. The zero-order chi connectivity index (χ0) is 21.9. The number of hydrogen-bond acceptors (Lipinski definition) is 4. The predicted octanol–water partition coefficient (Wildman–Crippen LogP) is 4.51. The van der Waals surface area contributed by atoms with E-state index in [0.29, 0.717) is 23.5 Å². The average molecular weight is 441 g/mol. The molecule has 1 aliphatic rings. The van der Waals surface area contributed by atoms with Gasteiger partial charge in [-0.3, -0.25) is 9.59 Å². The number of nitrogens with one attached hydrogen (secondary N) is 2. The summed E-state index contributed by atoms with van der Waals surface area (Å²) in [6.07, 6.45) is 1.95. The Morgan fingerprint density at radius 1 is 1.03 bits per heavy atom. The van der Waals surface area contributed by atoms with Crippen molar-refractivity contribution in [2.24, 2.45) is 0 Å². The minimum absolute atomic E-state index is 0.0547. The summed E-state index contributed by atoms with van der Waals surface area (Å²) >= 11 is 1.47. The van der Waals surface area contributed by atoms with Crippen LogP contribution in [-0.2, 0) is 11.3 Å². The van der Waals surface area contributed by atoms with E-state index in [1.807, 2.05) is 77.6 Å². The molecule has 158 valence electrons. The third-order valence-corrected chi connectivity index (χ3v) is 6.25. The first-order chi connectivity index (χ1) is 15.7. The average Bonchev–Trinajstić information content (AvgIpc) is 3.27. The van der Waals surface area contributed by atoms with E-state index in [1.165, 1.54) is 11.8 Å². The van der Waals surface area contributed by atoms with Gasteiger partial charge in [-0.05, 0) is 30.3 Å². The van der Waals surface area contributed by atoms with Crippen molar-refractivity contribution in [2.45, 2.75) is 11.4 Å². The highest BCUT2D eigenvalue weighted by molar-refractivity contribution is 8.00. The molecule has 0 saturated carbocycles. The molecule has 0 saturated heterocycles. The number of carbonyl (C=O) groups is 2. The van der Waals surface area contributed by atoms with Gasteiger partial charge in [-0.1, -0.05) is 48.5 Å². The quantitative estimate of drug-likeness (QED) is 0.479. The third-order valence-electron chi connectivity index (χ3n) is 5.17. The molecule has 4 aromatic rings. The molecule has 32 heavy (non-hydrogen) atoms. The number of anilines is 1. The number of benzene rings is 3. The van der Waals surface area contributed by atoms with E-state index in [-0.39, 0.29) is 11.8 Å². The number of carbonyl (C=O) groups excluding carboxylic acids is 2. The minimum Gasteiger partial charge on any atom is -0.348 e. The summed E-state index contributed by atoms with van der Waals surface area (Å²) in [5.74, 6) is 0.136. The molecule has 2 heterocycles. The number of aromatic nitrogens is 2. The van der Waals surface area contributed by atoms with Crippen LogP contribution in [0.4, 0.5) is 5.69 Å². The van der Waals surface area contributed by atoms with Gasteiger partial charge in [-0.15, -0.1) is 11.8 Å². The van der Waals surface area contributed by atoms with E-state index in [0.717, 1.165) is 27.4 Å². The minimum atomic E-state index is -0.205. The summed E-state index contributed by atoms with van der Waals surface area (Å²) in [5, 5.41) is 10.6. The van der Waals surface area contributed by atoms with E-state index >= 15 is 0 Å². The maximum absolute atomic E-state index is 12.9. The van der Waals surface area contributed by atoms with Crippen LogP contribution < -0.4 is 10.6 Å². The van der Waals surface area contributed by atoms with Crippen LogP contribution in [0.2, 0.25) is 0 Å². The molecule has 1 aliphatic heterocycles. The van der Waals surface area contributed by atoms with Crippen LogP contribution in [0.25, 0.3) is 16.9 Å². The van der Waals surface area contributed by atoms with E-state index < -0.39 is 0 Å². The zero-order valence-electron chi connectivity index (χ0n) is 17.1. The van der Waals surface area contributed by atoms with Gasteiger partial charge in [0.25, 0.3) is 5.91 Å². The van der Waals surface area contributed by atoms with Gasteiger partial charge in [0.2, 0.25) is 5.91 Å². The van der Waals surface area contributed by atoms with Gasteiger partial charge in [0.1, 0.15) is 0 Å². The van der Waals surface area contributed by atoms with Crippen molar-refractivity contribution in [3.05, 3.63) is 96.2 Å². The summed E-state index contributed by atoms with van der Waals surface area (Å²) in [4.78, 5) is 25.5. The van der Waals surface area contributed by atoms with Gasteiger partial charge in [0, 0.05) is 34.3 Å². The fourth-order valence-electron chi connectivity index (χ4n) is 3.59. The van der Waals surface area contributed by atoms with Crippen LogP contribution >= 0.6 is 11.8 Å². The van der Waals surface area contributed by atoms with Crippen molar-refractivity contribution in [1.29, 1.82) is 0 Å². The fraction of sp³-hybridized carbons (Fsp3) is 0.0800. The summed E-state index contributed by atoms with van der Waals surface area (Å²) in [7, 11) is 0. The summed E-state index contributed by atoms with van der Waals surface area (Å²) in [6.45, 7) is 0.327. The number of nitrogens with zero attached hydrogens (tertiary/aromatic N) is 2. The Bertz CT molecular complexity index is 1290. The van der Waals surface area contributed by atoms with Crippen LogP contribution in [0.1, 0.15) is 15.9 Å². The molecule has 0 bridgehead atoms. The lowest BCUT2D eigenvalue weighted by atomic mass is 10.1. The van der Waals surface area contributed by atoms with Crippen molar-refractivity contribution in [3.8, 4) is 16.9 Å². The van der Waals surface area contributed by atoms with Gasteiger partial charge in [0.05, 0.1) is 22.8 Å². The van der Waals surface area contributed by atoms with E-state index in [1.54, 1.807) is 12.1 Å². The molecule has 2 amide bonds. The first-order valence-corrected chi connectivity index (χ1v) is 11.2. The number of amides is 2. The number of hydrogen-bond donors (Lipinski definition) is 2. The second-order valence-electron chi connectivity index (χ2n) is 7.38. The lowest BCUT2D eigenvalue weighted by Crippen LogP contribution is -2.24. The lowest BCUT2D eigenvalue weighted by molar-refractivity contribution is -0.113. The standard InChI is InChI=1S/C25H20N4O2S/c30-23-16-32-22-12-11-18(13-21(22)27-23)25(31)26-14-19-15-29(20-9-5-2-6-10-20)28-24(19)17-7-3-1-4-8-17/h1-13,15H,14,16H2,(H,26,31)(H,27,30). The molecule has 1 aromatic heterocycles. The normalized spacial score (nSPS) is 12.7. The molecule has 3 aromatic carbocycles. The number of fused-ring (bicyclic) bond motifs is 1. The first kappa shape index (κ1) is 20.1. The Morgan fingerprint density at radius 3 is 2.56 bits per heavy atom. The van der Waals surface area contributed by atoms with E-state index in [4.69, 9.17) is 5.10 Å². The molecule has 5 rings (SSSR count). The fourth-order valence-corrected chi connectivity index (χ4v) is 4.38. The van der Waals surface area contributed by atoms with Crippen LogP contribution in [0.5, 0.6) is 0 Å². The van der Waals surface area contributed by atoms with Crippen LogP contribution in [0.3, 0.4) is 0 Å². The SMILES string of the molecule is O=C1CSc2ccc(C(=O)NCc3cn(-c4ccccc4)nc3-c3ccccc3)cc2N1. The maximum Gasteiger partial charge on any atom is 0.251 e. The highest BCUT2D eigenvalue weighted by atomic mass is 32.2. The summed E-state index contributed by atoms with van der Waals surface area (Å²) in [5.41, 5.74) is 4.85. The van der Waals surface area contributed by atoms with Gasteiger partial charge in [-0.25, -0.2) is 4.68 Å². The van der Waals surface area contributed by atoms with Gasteiger partial charge < -0.3 is 10.6 Å². The first-order valence-electron chi connectivity index (χ1n) is 10.2. The molecule has 7 heteroatoms. The van der Waals surface area contributed by atoms with Gasteiger partial charge >= 0.3 is 0 Å². The second kappa shape index (κ2) is 8.72. The lowest BCUT2D eigenvalue weighted by Gasteiger charge is -2.17. The molecule has 2 N–H and O–H groups in total. The molecule has 0 spiro atoms. The summed E-state index contributed by atoms with van der Waals surface area (Å²) in [6, 6.07) is 25.2. The molecule has 0 fully saturated rings. The monoisotopic (exact) mass is 440 g/mol. The van der Waals surface area contributed by atoms with Crippen LogP contribution in [-0.4, -0.2) is 27.3 Å². The van der Waals surface area contributed by atoms with Crippen molar-refractivity contribution in [2.75, 3.05) is 11.1 Å². The van der Waals surface area contributed by atoms with Gasteiger partial charge in [0.15, 0.2) is 0 Å². The Kier molecular flexibility index (Phi) is 5.47. The van der Waals surface area contributed by atoms with Crippen molar-refractivity contribution < 1.29 is 9.59 Å². The van der Waals surface area contributed by atoms with Crippen molar-refractivity contribution in [1.82, 2.24) is 15.1 Å². The van der Waals surface area contributed by atoms with Gasteiger partial charge in [-0.2, -0.15) is 5.10 Å². The molecular weight excluding hydrogens is 420 g/mol. The van der Waals surface area contributed by atoms with Crippen molar-refractivity contribution >= 4 is 29.3 Å². The van der Waals surface area contributed by atoms with E-state index in [9.17, 15) is 9.59 Å². The number of thioether (sulfide) groups is 1.